The summed E-state index contributed by atoms with van der Waals surface area (Å²) in [6.45, 7) is 3.71. The van der Waals surface area contributed by atoms with E-state index in [0.717, 1.165) is 37.2 Å². The molecule has 0 aliphatic carbocycles. The Kier molecular flexibility index (Phi) is 6.80. The van der Waals surface area contributed by atoms with E-state index in [1.54, 1.807) is 25.3 Å². The van der Waals surface area contributed by atoms with Crippen LogP contribution in [0.2, 0.25) is 0 Å². The van der Waals surface area contributed by atoms with Crippen LogP contribution in [0.25, 0.3) is 0 Å². The molecule has 8 nitrogen and oxygen atoms in total. The lowest BCUT2D eigenvalue weighted by Gasteiger charge is -2.34. The number of nitrogens with zero attached hydrogens (tertiary/aromatic N) is 3. The summed E-state index contributed by atoms with van der Waals surface area (Å²) in [7, 11) is -2.01. The maximum absolute atomic E-state index is 13.3. The minimum Gasteiger partial charge on any atom is -0.497 e. The largest absolute Gasteiger partial charge is 0.497 e. The predicted molar refractivity (Wildman–Crippen MR) is 134 cm³/mol. The zero-order valence-electron chi connectivity index (χ0n) is 20.0. The highest BCUT2D eigenvalue weighted by molar-refractivity contribution is 7.90. The molecule has 3 heterocycles. The number of carbonyl (C=O) groups is 1. The number of piperidine rings is 1. The highest BCUT2D eigenvalue weighted by Gasteiger charge is 2.35. The third kappa shape index (κ3) is 4.92. The summed E-state index contributed by atoms with van der Waals surface area (Å²) in [6.07, 6.45) is 3.92. The number of nitrogens with one attached hydrogen (secondary N) is 1. The fourth-order valence-corrected chi connectivity index (χ4v) is 6.63. The monoisotopic (exact) mass is 496 g/mol. The molecular formula is C26H32N4O4S. The Morgan fingerprint density at radius 3 is 2.71 bits per heavy atom. The summed E-state index contributed by atoms with van der Waals surface area (Å²) in [5.41, 5.74) is 1.76. The third-order valence-corrected chi connectivity index (χ3v) is 8.56. The van der Waals surface area contributed by atoms with E-state index >= 15 is 0 Å². The van der Waals surface area contributed by atoms with E-state index in [1.165, 1.54) is 12.8 Å². The van der Waals surface area contributed by atoms with Crippen molar-refractivity contribution in [2.45, 2.75) is 36.6 Å². The summed E-state index contributed by atoms with van der Waals surface area (Å²) < 4.78 is 34.5. The van der Waals surface area contributed by atoms with Crippen molar-refractivity contribution in [3.05, 3.63) is 59.7 Å². The number of amides is 1. The van der Waals surface area contributed by atoms with Crippen LogP contribution in [-0.4, -0.2) is 69.8 Å². The van der Waals surface area contributed by atoms with E-state index in [4.69, 9.17) is 4.74 Å². The normalized spacial score (nSPS) is 22.4. The molecule has 0 spiro atoms. The minimum atomic E-state index is -3.68. The van der Waals surface area contributed by atoms with Gasteiger partial charge in [0.1, 0.15) is 10.6 Å². The van der Waals surface area contributed by atoms with Gasteiger partial charge in [0.05, 0.1) is 19.1 Å². The quantitative estimate of drug-likeness (QED) is 0.661. The van der Waals surface area contributed by atoms with Gasteiger partial charge in [0.15, 0.2) is 5.84 Å². The second-order valence-electron chi connectivity index (χ2n) is 9.45. The first-order chi connectivity index (χ1) is 17.0. The summed E-state index contributed by atoms with van der Waals surface area (Å²) in [5, 5.41) is 3.21. The number of benzene rings is 2. The minimum absolute atomic E-state index is 0.0107. The van der Waals surface area contributed by atoms with Crippen molar-refractivity contribution in [1.82, 2.24) is 15.1 Å². The number of carbonyl (C=O) groups excluding carboxylic acids is 1. The van der Waals surface area contributed by atoms with Crippen molar-refractivity contribution in [2.75, 3.05) is 39.8 Å². The Balaban J connectivity index is 1.28. The van der Waals surface area contributed by atoms with E-state index in [1.807, 2.05) is 29.2 Å². The molecular weight excluding hydrogens is 464 g/mol. The first-order valence-corrected chi connectivity index (χ1v) is 13.8. The van der Waals surface area contributed by atoms with Crippen LogP contribution in [0.5, 0.6) is 5.75 Å². The van der Waals surface area contributed by atoms with Gasteiger partial charge in [0.25, 0.3) is 10.0 Å². The van der Waals surface area contributed by atoms with Crippen LogP contribution in [0.1, 0.15) is 42.9 Å². The van der Waals surface area contributed by atoms with Crippen molar-refractivity contribution in [2.24, 2.45) is 10.3 Å². The summed E-state index contributed by atoms with van der Waals surface area (Å²) in [4.78, 5) is 17.9. The molecule has 0 radical (unpaired) electrons. The Bertz CT molecular complexity index is 1220. The molecule has 0 bridgehead atoms. The van der Waals surface area contributed by atoms with Crippen LogP contribution in [0, 0.1) is 5.92 Å². The molecule has 9 heteroatoms. The molecule has 2 aromatic rings. The topological polar surface area (TPSA) is 91.3 Å². The highest BCUT2D eigenvalue weighted by atomic mass is 32.2. The van der Waals surface area contributed by atoms with Crippen molar-refractivity contribution in [3.63, 3.8) is 0 Å². The van der Waals surface area contributed by atoms with Gasteiger partial charge < -0.3 is 15.0 Å². The lowest BCUT2D eigenvalue weighted by atomic mass is 9.96. The third-order valence-electron chi connectivity index (χ3n) is 7.23. The van der Waals surface area contributed by atoms with Crippen LogP contribution in [0.3, 0.4) is 0 Å². The summed E-state index contributed by atoms with van der Waals surface area (Å²) in [5.74, 6) is 1.07. The van der Waals surface area contributed by atoms with Crippen molar-refractivity contribution in [1.29, 1.82) is 0 Å². The molecule has 2 aromatic carbocycles. The lowest BCUT2D eigenvalue weighted by molar-refractivity contribution is -0.126. The number of hydrogen-bond donors (Lipinski definition) is 1. The van der Waals surface area contributed by atoms with Crippen LogP contribution in [0.15, 0.2) is 57.8 Å². The van der Waals surface area contributed by atoms with E-state index in [9.17, 15) is 13.2 Å². The van der Waals surface area contributed by atoms with E-state index in [-0.39, 0.29) is 22.8 Å². The number of fused-ring (bicyclic) bond motifs is 1. The SMILES string of the molecule is COc1cccc([C@H](CNC(=O)[C@@H]2CCCN(C3=NS(=O)(=O)c4ccccc43)C2)N2CCCC2)c1. The molecule has 0 unspecified atom stereocenters. The molecule has 3 aliphatic heterocycles. The lowest BCUT2D eigenvalue weighted by Crippen LogP contribution is -2.47. The van der Waals surface area contributed by atoms with E-state index in [2.05, 4.69) is 20.7 Å². The number of methoxy groups -OCH3 is 1. The molecule has 2 atom stereocenters. The molecule has 2 fully saturated rings. The van der Waals surface area contributed by atoms with Crippen molar-refractivity contribution in [3.8, 4) is 5.75 Å². The number of sulfonamides is 1. The average molecular weight is 497 g/mol. The number of amidine groups is 1. The zero-order valence-corrected chi connectivity index (χ0v) is 20.8. The van der Waals surface area contributed by atoms with Crippen LogP contribution in [-0.2, 0) is 14.8 Å². The van der Waals surface area contributed by atoms with Crippen LogP contribution in [0.4, 0.5) is 0 Å². The first kappa shape index (κ1) is 23.8. The fraction of sp³-hybridized carbons (Fsp3) is 0.462. The van der Waals surface area contributed by atoms with Gasteiger partial charge in [-0.2, -0.15) is 8.42 Å². The summed E-state index contributed by atoms with van der Waals surface area (Å²) >= 11 is 0. The average Bonchev–Trinajstić information content (AvgIpc) is 3.51. The second-order valence-corrected chi connectivity index (χ2v) is 11.0. The Morgan fingerprint density at radius 1 is 1.11 bits per heavy atom. The van der Waals surface area contributed by atoms with Gasteiger partial charge >= 0.3 is 0 Å². The van der Waals surface area contributed by atoms with Crippen molar-refractivity contribution >= 4 is 21.8 Å². The standard InChI is InChI=1S/C26H32N4O4S/c1-34-21-10-6-8-19(16-21)23(29-13-4-5-14-29)17-27-26(31)20-9-7-15-30(18-20)25-22-11-2-3-12-24(22)35(32,33)28-25/h2-3,6,8,10-12,16,20,23H,4-5,7,9,13-15,17-18H2,1H3,(H,27,31)/t20-,23+/m1/s1. The number of hydrogen-bond acceptors (Lipinski definition) is 6. The first-order valence-electron chi connectivity index (χ1n) is 12.3. The Labute approximate surface area is 207 Å². The molecule has 2 saturated heterocycles. The van der Waals surface area contributed by atoms with Crippen molar-refractivity contribution < 1.29 is 17.9 Å². The second kappa shape index (κ2) is 9.99. The van der Waals surface area contributed by atoms with E-state index in [0.29, 0.717) is 31.0 Å². The molecule has 35 heavy (non-hydrogen) atoms. The number of ether oxygens (including phenoxy) is 1. The summed E-state index contributed by atoms with van der Waals surface area (Å²) in [6, 6.07) is 15.1. The van der Waals surface area contributed by atoms with Gasteiger partial charge in [-0.3, -0.25) is 9.69 Å². The molecule has 186 valence electrons. The zero-order chi connectivity index (χ0) is 24.4. The Hall–Kier alpha value is -2.91. The molecule has 1 N–H and O–H groups in total. The maximum atomic E-state index is 13.3. The molecule has 5 rings (SSSR count). The van der Waals surface area contributed by atoms with Gasteiger partial charge in [0, 0.05) is 25.2 Å². The highest BCUT2D eigenvalue weighted by Crippen LogP contribution is 2.30. The number of rotatable bonds is 6. The van der Waals surface area contributed by atoms with Gasteiger partial charge in [0.2, 0.25) is 5.91 Å². The van der Waals surface area contributed by atoms with Crippen LogP contribution < -0.4 is 10.1 Å². The van der Waals surface area contributed by atoms with E-state index < -0.39 is 10.0 Å². The van der Waals surface area contributed by atoms with Gasteiger partial charge in [-0.15, -0.1) is 4.40 Å². The smallest absolute Gasteiger partial charge is 0.285 e. The fourth-order valence-electron chi connectivity index (χ4n) is 5.40. The molecule has 0 saturated carbocycles. The maximum Gasteiger partial charge on any atom is 0.285 e. The van der Waals surface area contributed by atoms with Gasteiger partial charge in [-0.05, 0) is 68.6 Å². The molecule has 1 amide bonds. The van der Waals surface area contributed by atoms with Gasteiger partial charge in [-0.25, -0.2) is 0 Å². The Morgan fingerprint density at radius 2 is 1.91 bits per heavy atom. The van der Waals surface area contributed by atoms with Crippen LogP contribution >= 0.6 is 0 Å². The van der Waals surface area contributed by atoms with Gasteiger partial charge in [-0.1, -0.05) is 24.3 Å². The predicted octanol–water partition coefficient (Wildman–Crippen LogP) is 2.81. The molecule has 0 aromatic heterocycles. The molecule has 3 aliphatic rings. The number of likely N-dealkylation sites (tertiary alicyclic amines) is 2.